The van der Waals surface area contributed by atoms with Crippen LogP contribution in [0.5, 0.6) is 0 Å². The van der Waals surface area contributed by atoms with E-state index in [9.17, 15) is 37.1 Å². The molecule has 0 unspecified atom stereocenters. The van der Waals surface area contributed by atoms with Gasteiger partial charge in [-0.25, -0.2) is 13.2 Å². The summed E-state index contributed by atoms with van der Waals surface area (Å²) in [5.41, 5.74) is -3.21. The molecule has 0 bridgehead atoms. The number of carbonyl (C=O) groups is 2. The highest BCUT2D eigenvalue weighted by molar-refractivity contribution is 5.82. The van der Waals surface area contributed by atoms with Crippen molar-refractivity contribution in [3.8, 4) is 23.5 Å². The lowest BCUT2D eigenvalue weighted by Crippen LogP contribution is -2.48. The number of likely N-dealkylation sites (tertiary alicyclic amines) is 1. The standard InChI is InChI=1S/C39H41F6N3O4/c1-6-25-13-28(34-21(4)10-27(40)11-22(34)5)37(42)35(36(25)41)30(15-33(50)51)46-38(52)31(9-20(2)3)48-19-26(29(14-32(48)49)39(43,44)45)12-24-17-47(18-24)16-23-7-8-23/h1,10-11,13-14,19-20,23-24,30-31H,7-9,12,15-18H2,2-5H3,(H,46,52)(H,50,51)/t30-,31-/m0/s1. The van der Waals surface area contributed by atoms with Gasteiger partial charge in [0.2, 0.25) is 5.91 Å². The number of aromatic nitrogens is 1. The molecule has 2 fully saturated rings. The Hall–Kier alpha value is -4.57. The lowest BCUT2D eigenvalue weighted by atomic mass is 9.89. The van der Waals surface area contributed by atoms with Gasteiger partial charge in [-0.15, -0.1) is 6.42 Å². The quantitative estimate of drug-likeness (QED) is 0.142. The van der Waals surface area contributed by atoms with Crippen molar-refractivity contribution in [2.45, 2.75) is 78.1 Å². The van der Waals surface area contributed by atoms with Crippen molar-refractivity contribution in [1.29, 1.82) is 0 Å². The molecule has 2 heterocycles. The number of nitrogens with zero attached hydrogens (tertiary/aromatic N) is 2. The van der Waals surface area contributed by atoms with Gasteiger partial charge in [0, 0.05) is 43.0 Å². The number of carboxylic acids is 1. The number of benzene rings is 2. The molecular formula is C39H41F6N3O4. The third kappa shape index (κ3) is 8.55. The Labute approximate surface area is 298 Å². The van der Waals surface area contributed by atoms with E-state index < -0.39 is 76.3 Å². The molecule has 1 amide bonds. The molecule has 52 heavy (non-hydrogen) atoms. The van der Waals surface area contributed by atoms with E-state index in [4.69, 9.17) is 6.42 Å². The third-order valence-corrected chi connectivity index (χ3v) is 9.76. The number of aryl methyl sites for hydroxylation is 2. The van der Waals surface area contributed by atoms with Crippen molar-refractivity contribution in [2.24, 2.45) is 17.8 Å². The number of terminal acetylenes is 1. The molecule has 7 nitrogen and oxygen atoms in total. The number of alkyl halides is 3. The minimum Gasteiger partial charge on any atom is -0.481 e. The number of hydrogen-bond donors (Lipinski definition) is 2. The third-order valence-electron chi connectivity index (χ3n) is 9.76. The Morgan fingerprint density at radius 2 is 1.65 bits per heavy atom. The van der Waals surface area contributed by atoms with Gasteiger partial charge in [-0.05, 0) is 97.7 Å². The number of pyridine rings is 1. The highest BCUT2D eigenvalue weighted by Crippen LogP contribution is 2.39. The fraction of sp³-hybridized carbons (Fsp3) is 0.462. The molecular weight excluding hydrogens is 688 g/mol. The first kappa shape index (κ1) is 38.7. The van der Waals surface area contributed by atoms with E-state index in [1.807, 2.05) is 0 Å². The summed E-state index contributed by atoms with van der Waals surface area (Å²) in [6, 6.07) is 0.433. The molecule has 1 saturated carbocycles. The van der Waals surface area contributed by atoms with Gasteiger partial charge < -0.3 is 19.9 Å². The average Bonchev–Trinajstić information content (AvgIpc) is 3.83. The van der Waals surface area contributed by atoms with Crippen LogP contribution in [0.25, 0.3) is 11.1 Å². The first-order chi connectivity index (χ1) is 24.4. The van der Waals surface area contributed by atoms with Crippen molar-refractivity contribution in [3.63, 3.8) is 0 Å². The maximum atomic E-state index is 16.5. The van der Waals surface area contributed by atoms with Crippen molar-refractivity contribution in [2.75, 3.05) is 19.6 Å². The van der Waals surface area contributed by atoms with Crippen LogP contribution in [0.2, 0.25) is 0 Å². The average molecular weight is 730 g/mol. The topological polar surface area (TPSA) is 91.6 Å². The van der Waals surface area contributed by atoms with E-state index in [0.29, 0.717) is 25.1 Å². The monoisotopic (exact) mass is 729 g/mol. The van der Waals surface area contributed by atoms with Crippen LogP contribution < -0.4 is 10.9 Å². The first-order valence-corrected chi connectivity index (χ1v) is 17.2. The van der Waals surface area contributed by atoms with E-state index in [2.05, 4.69) is 16.1 Å². The van der Waals surface area contributed by atoms with E-state index in [-0.39, 0.29) is 52.5 Å². The Kier molecular flexibility index (Phi) is 11.3. The Bertz CT molecular complexity index is 1950. The van der Waals surface area contributed by atoms with E-state index >= 15 is 8.78 Å². The molecule has 2 aromatic carbocycles. The summed E-state index contributed by atoms with van der Waals surface area (Å²) < 4.78 is 90.1. The second-order valence-corrected chi connectivity index (χ2v) is 14.6. The van der Waals surface area contributed by atoms with E-state index in [1.54, 1.807) is 13.8 Å². The number of carboxylic acid groups (broad SMARTS) is 1. The van der Waals surface area contributed by atoms with Gasteiger partial charge in [0.05, 0.1) is 23.6 Å². The maximum Gasteiger partial charge on any atom is 0.416 e. The number of rotatable bonds is 13. The molecule has 1 aliphatic heterocycles. The number of nitrogens with one attached hydrogen (secondary N) is 1. The number of hydrogen-bond acceptors (Lipinski definition) is 4. The minimum atomic E-state index is -4.84. The van der Waals surface area contributed by atoms with Crippen molar-refractivity contribution in [1.82, 2.24) is 14.8 Å². The van der Waals surface area contributed by atoms with Crippen LogP contribution in [0.15, 0.2) is 35.3 Å². The van der Waals surface area contributed by atoms with Gasteiger partial charge in [-0.3, -0.25) is 14.4 Å². The Morgan fingerprint density at radius 1 is 1.02 bits per heavy atom. The molecule has 2 atom stereocenters. The van der Waals surface area contributed by atoms with Gasteiger partial charge >= 0.3 is 12.1 Å². The molecule has 5 rings (SSSR count). The molecule has 2 N–H and O–H groups in total. The Balaban J connectivity index is 1.55. The van der Waals surface area contributed by atoms with Crippen LogP contribution in [-0.2, 0) is 22.2 Å². The van der Waals surface area contributed by atoms with Gasteiger partial charge in [0.15, 0.2) is 0 Å². The summed E-state index contributed by atoms with van der Waals surface area (Å²) >= 11 is 0. The fourth-order valence-electron chi connectivity index (χ4n) is 7.24. The molecule has 13 heteroatoms. The zero-order valence-electron chi connectivity index (χ0n) is 29.3. The van der Waals surface area contributed by atoms with Crippen LogP contribution in [-0.4, -0.2) is 46.1 Å². The van der Waals surface area contributed by atoms with E-state index in [0.717, 1.165) is 48.3 Å². The summed E-state index contributed by atoms with van der Waals surface area (Å²) in [5, 5.41) is 12.2. The number of amides is 1. The smallest absolute Gasteiger partial charge is 0.416 e. The van der Waals surface area contributed by atoms with E-state index in [1.165, 1.54) is 13.8 Å². The predicted molar refractivity (Wildman–Crippen MR) is 183 cm³/mol. The molecule has 278 valence electrons. The number of aliphatic carboxylic acids is 1. The number of halogens is 6. The summed E-state index contributed by atoms with van der Waals surface area (Å²) in [6.45, 7) is 8.53. The molecule has 0 radical (unpaired) electrons. The summed E-state index contributed by atoms with van der Waals surface area (Å²) in [7, 11) is 0. The lowest BCUT2D eigenvalue weighted by Gasteiger charge is -2.40. The summed E-state index contributed by atoms with van der Waals surface area (Å²) in [6.07, 6.45) is 2.93. The van der Waals surface area contributed by atoms with Crippen LogP contribution in [0, 0.1) is 61.4 Å². The van der Waals surface area contributed by atoms with Gasteiger partial charge in [0.25, 0.3) is 5.56 Å². The molecule has 1 saturated heterocycles. The fourth-order valence-corrected chi connectivity index (χ4v) is 7.24. The first-order valence-electron chi connectivity index (χ1n) is 17.2. The van der Waals surface area contributed by atoms with Crippen molar-refractivity contribution in [3.05, 3.63) is 91.6 Å². The van der Waals surface area contributed by atoms with Gasteiger partial charge in [-0.2, -0.15) is 13.2 Å². The highest BCUT2D eigenvalue weighted by atomic mass is 19.4. The summed E-state index contributed by atoms with van der Waals surface area (Å²) in [5.74, 6) is -3.40. The second-order valence-electron chi connectivity index (χ2n) is 14.6. The second kappa shape index (κ2) is 15.2. The molecule has 3 aromatic rings. The minimum absolute atomic E-state index is 0.00818. The number of carbonyl (C=O) groups excluding carboxylic acids is 1. The Morgan fingerprint density at radius 3 is 2.19 bits per heavy atom. The summed E-state index contributed by atoms with van der Waals surface area (Å²) in [4.78, 5) is 41.7. The van der Waals surface area contributed by atoms with Gasteiger partial charge in [-0.1, -0.05) is 19.8 Å². The SMILES string of the molecule is C#Cc1cc(-c2c(C)cc(F)cc2C)c(F)c([C@H](CC(=O)O)NC(=O)[C@H](CC(C)C)n2cc(CC3CN(CC4CC4)C3)c(C(F)(F)F)cc2=O)c1F. The van der Waals surface area contributed by atoms with Crippen LogP contribution >= 0.6 is 0 Å². The lowest BCUT2D eigenvalue weighted by molar-refractivity contribution is -0.139. The van der Waals surface area contributed by atoms with Gasteiger partial charge in [0.1, 0.15) is 23.5 Å². The maximum absolute atomic E-state index is 16.5. The molecule has 1 aromatic heterocycles. The zero-order chi connectivity index (χ0) is 38.2. The normalized spacial score (nSPS) is 16.3. The van der Waals surface area contributed by atoms with Crippen molar-refractivity contribution >= 4 is 11.9 Å². The molecule has 2 aliphatic rings. The molecule has 1 aliphatic carbocycles. The van der Waals surface area contributed by atoms with Crippen LogP contribution in [0.4, 0.5) is 26.3 Å². The molecule has 0 spiro atoms. The van der Waals surface area contributed by atoms with Crippen LogP contribution in [0.3, 0.4) is 0 Å². The highest BCUT2D eigenvalue weighted by Gasteiger charge is 2.39. The predicted octanol–water partition coefficient (Wildman–Crippen LogP) is 7.35. The zero-order valence-corrected chi connectivity index (χ0v) is 29.3. The van der Waals surface area contributed by atoms with Crippen LogP contribution in [0.1, 0.15) is 85.0 Å². The van der Waals surface area contributed by atoms with Crippen molar-refractivity contribution < 1.29 is 41.0 Å². The largest absolute Gasteiger partial charge is 0.481 e.